The Bertz CT molecular complexity index is 652. The lowest BCUT2D eigenvalue weighted by molar-refractivity contribution is 0.198. The van der Waals surface area contributed by atoms with Crippen LogP contribution in [0.1, 0.15) is 24.4 Å². The van der Waals surface area contributed by atoms with Crippen molar-refractivity contribution in [1.82, 2.24) is 9.88 Å². The second kappa shape index (κ2) is 4.21. The van der Waals surface area contributed by atoms with Gasteiger partial charge in [-0.25, -0.2) is 4.79 Å². The molecule has 1 aromatic heterocycles. The number of aromatic amines is 1. The summed E-state index contributed by atoms with van der Waals surface area (Å²) in [6.07, 6.45) is 2.32. The number of hydrogen-bond donors (Lipinski definition) is 2. The number of nitrogens with one attached hydrogen (secondary N) is 1. The second-order valence-electron chi connectivity index (χ2n) is 5.70. The molecule has 1 aromatic carbocycles. The lowest BCUT2D eigenvalue weighted by Gasteiger charge is -2.32. The molecule has 19 heavy (non-hydrogen) atoms. The van der Waals surface area contributed by atoms with E-state index in [4.69, 9.17) is 10.2 Å². The Morgan fingerprint density at radius 2 is 2.21 bits per heavy atom. The minimum absolute atomic E-state index is 0.182. The molecule has 0 aliphatic heterocycles. The Kier molecular flexibility index (Phi) is 2.76. The van der Waals surface area contributed by atoms with Crippen molar-refractivity contribution in [2.24, 2.45) is 11.1 Å². The highest BCUT2D eigenvalue weighted by atomic mass is 16.4. The first-order valence-corrected chi connectivity index (χ1v) is 6.55. The van der Waals surface area contributed by atoms with Gasteiger partial charge in [-0.3, -0.25) is 4.98 Å². The number of fused-ring (bicyclic) bond motifs is 1. The molecule has 3 N–H and O–H groups in total. The summed E-state index contributed by atoms with van der Waals surface area (Å²) in [6, 6.07) is 6.16. The van der Waals surface area contributed by atoms with Crippen LogP contribution in [-0.4, -0.2) is 30.5 Å². The Labute approximate surface area is 111 Å². The van der Waals surface area contributed by atoms with Crippen LogP contribution in [0.5, 0.6) is 0 Å². The molecular weight excluding hydrogens is 242 g/mol. The van der Waals surface area contributed by atoms with E-state index in [-0.39, 0.29) is 11.5 Å². The average molecular weight is 261 g/mol. The average Bonchev–Trinajstić information content (AvgIpc) is 3.04. The van der Waals surface area contributed by atoms with Gasteiger partial charge in [0.1, 0.15) is 0 Å². The first-order valence-electron chi connectivity index (χ1n) is 6.55. The summed E-state index contributed by atoms with van der Waals surface area (Å²) in [5.74, 6) is -0.409. The molecule has 1 saturated carbocycles. The lowest BCUT2D eigenvalue weighted by Crippen LogP contribution is -2.33. The van der Waals surface area contributed by atoms with Crippen LogP contribution in [0.4, 0.5) is 0 Å². The van der Waals surface area contributed by atoms with Gasteiger partial charge < -0.3 is 15.1 Å². The van der Waals surface area contributed by atoms with Gasteiger partial charge in [-0.2, -0.15) is 0 Å². The highest BCUT2D eigenvalue weighted by molar-refractivity contribution is 5.73. The number of benzene rings is 1. The first kappa shape index (κ1) is 12.4. The van der Waals surface area contributed by atoms with Gasteiger partial charge in [-0.15, -0.1) is 0 Å². The van der Waals surface area contributed by atoms with E-state index in [9.17, 15) is 4.79 Å². The predicted molar refractivity (Wildman–Crippen MR) is 74.0 cm³/mol. The molecule has 0 spiro atoms. The van der Waals surface area contributed by atoms with Crippen LogP contribution < -0.4 is 11.5 Å². The van der Waals surface area contributed by atoms with E-state index in [2.05, 4.69) is 24.0 Å². The molecule has 2 aromatic rings. The number of nitrogens with zero attached hydrogens (tertiary/aromatic N) is 1. The molecule has 0 bridgehead atoms. The third-order valence-electron chi connectivity index (χ3n) is 4.15. The lowest BCUT2D eigenvalue weighted by atomic mass is 9.89. The fourth-order valence-electron chi connectivity index (χ4n) is 3.09. The number of nitrogens with two attached hydrogens (primary N) is 1. The van der Waals surface area contributed by atoms with Crippen molar-refractivity contribution in [2.75, 3.05) is 20.6 Å². The van der Waals surface area contributed by atoms with Crippen LogP contribution in [-0.2, 0) is 0 Å². The summed E-state index contributed by atoms with van der Waals surface area (Å²) in [7, 11) is 4.14. The van der Waals surface area contributed by atoms with Crippen LogP contribution >= 0.6 is 0 Å². The second-order valence-corrected chi connectivity index (χ2v) is 5.70. The summed E-state index contributed by atoms with van der Waals surface area (Å²) >= 11 is 0. The Hall–Kier alpha value is -1.59. The predicted octanol–water partition coefficient (Wildman–Crippen LogP) is 1.46. The summed E-state index contributed by atoms with van der Waals surface area (Å²) in [5, 5.41) is 0. The number of hydrogen-bond acceptors (Lipinski definition) is 4. The maximum atomic E-state index is 11.2. The first-order chi connectivity index (χ1) is 9.05. The molecule has 1 aliphatic rings. The van der Waals surface area contributed by atoms with E-state index >= 15 is 0 Å². The number of rotatable bonds is 4. The maximum absolute atomic E-state index is 11.2. The van der Waals surface area contributed by atoms with E-state index in [0.29, 0.717) is 12.1 Å². The monoisotopic (exact) mass is 261 g/mol. The van der Waals surface area contributed by atoms with Crippen LogP contribution in [0.3, 0.4) is 0 Å². The van der Waals surface area contributed by atoms with Gasteiger partial charge in [0.15, 0.2) is 5.58 Å². The zero-order valence-electron chi connectivity index (χ0n) is 11.3. The molecular formula is C14H19N3O2. The van der Waals surface area contributed by atoms with Crippen molar-refractivity contribution in [3.8, 4) is 0 Å². The Morgan fingerprint density at radius 1 is 1.47 bits per heavy atom. The zero-order valence-corrected chi connectivity index (χ0v) is 11.3. The van der Waals surface area contributed by atoms with E-state index in [1.54, 1.807) is 0 Å². The van der Waals surface area contributed by atoms with Crippen LogP contribution in [0.25, 0.3) is 11.1 Å². The third kappa shape index (κ3) is 1.99. The smallest absolute Gasteiger partial charge is 0.408 e. The van der Waals surface area contributed by atoms with Gasteiger partial charge in [-0.05, 0) is 51.2 Å². The SMILES string of the molecule is CN(C)C(c1ccc2oc(=O)[nH]c2c1)C1(CN)CC1. The molecule has 5 heteroatoms. The van der Waals surface area contributed by atoms with Crippen molar-refractivity contribution < 1.29 is 4.42 Å². The van der Waals surface area contributed by atoms with Crippen LogP contribution in [0.2, 0.25) is 0 Å². The zero-order chi connectivity index (χ0) is 13.6. The van der Waals surface area contributed by atoms with Gasteiger partial charge in [0.05, 0.1) is 5.52 Å². The fraction of sp³-hybridized carbons (Fsp3) is 0.500. The minimum Gasteiger partial charge on any atom is -0.408 e. The topological polar surface area (TPSA) is 75.3 Å². The van der Waals surface area contributed by atoms with Crippen molar-refractivity contribution in [3.05, 3.63) is 34.3 Å². The van der Waals surface area contributed by atoms with Gasteiger partial charge in [0.25, 0.3) is 0 Å². The largest absolute Gasteiger partial charge is 0.417 e. The highest BCUT2D eigenvalue weighted by Gasteiger charge is 2.49. The van der Waals surface area contributed by atoms with Gasteiger partial charge in [-0.1, -0.05) is 6.07 Å². The summed E-state index contributed by atoms with van der Waals surface area (Å²) in [5.41, 5.74) is 8.67. The summed E-state index contributed by atoms with van der Waals surface area (Å²) in [4.78, 5) is 16.1. The number of aromatic nitrogens is 1. The molecule has 3 rings (SSSR count). The maximum Gasteiger partial charge on any atom is 0.417 e. The third-order valence-corrected chi connectivity index (χ3v) is 4.15. The molecule has 0 saturated heterocycles. The van der Waals surface area contributed by atoms with E-state index in [1.165, 1.54) is 5.56 Å². The van der Waals surface area contributed by atoms with Crippen molar-refractivity contribution in [3.63, 3.8) is 0 Å². The minimum atomic E-state index is -0.409. The quantitative estimate of drug-likeness (QED) is 0.873. The molecule has 1 unspecified atom stereocenters. The molecule has 1 heterocycles. The van der Waals surface area contributed by atoms with Gasteiger partial charge >= 0.3 is 5.76 Å². The molecule has 1 aliphatic carbocycles. The highest BCUT2D eigenvalue weighted by Crippen LogP contribution is 2.56. The summed E-state index contributed by atoms with van der Waals surface area (Å²) in [6.45, 7) is 0.690. The normalized spacial score (nSPS) is 18.9. The van der Waals surface area contributed by atoms with E-state index in [0.717, 1.165) is 18.4 Å². The number of H-pyrrole nitrogens is 1. The van der Waals surface area contributed by atoms with Crippen molar-refractivity contribution >= 4 is 11.1 Å². The molecule has 1 fully saturated rings. The van der Waals surface area contributed by atoms with Gasteiger partial charge in [0, 0.05) is 11.5 Å². The standard InChI is InChI=1S/C14H19N3O2/c1-17(2)12(14(8-15)5-6-14)9-3-4-11-10(7-9)16-13(18)19-11/h3-4,7,12H,5-6,8,15H2,1-2H3,(H,16,18). The number of oxazole rings is 1. The fourth-order valence-corrected chi connectivity index (χ4v) is 3.09. The molecule has 0 radical (unpaired) electrons. The van der Waals surface area contributed by atoms with E-state index in [1.807, 2.05) is 18.2 Å². The van der Waals surface area contributed by atoms with Crippen LogP contribution in [0, 0.1) is 5.41 Å². The molecule has 1 atom stereocenters. The molecule has 102 valence electrons. The summed E-state index contributed by atoms with van der Waals surface area (Å²) < 4.78 is 5.04. The van der Waals surface area contributed by atoms with E-state index < -0.39 is 5.76 Å². The van der Waals surface area contributed by atoms with Crippen molar-refractivity contribution in [1.29, 1.82) is 0 Å². The van der Waals surface area contributed by atoms with Crippen molar-refractivity contribution in [2.45, 2.75) is 18.9 Å². The molecule has 5 nitrogen and oxygen atoms in total. The Balaban J connectivity index is 2.07. The van der Waals surface area contributed by atoms with Crippen LogP contribution in [0.15, 0.2) is 27.4 Å². The Morgan fingerprint density at radius 3 is 2.79 bits per heavy atom. The molecule has 0 amide bonds. The van der Waals surface area contributed by atoms with Gasteiger partial charge in [0.2, 0.25) is 0 Å².